The molecule has 0 amide bonds. The van der Waals surface area contributed by atoms with Crippen LogP contribution >= 0.6 is 11.8 Å². The minimum absolute atomic E-state index is 0.0492. The molecule has 1 aliphatic rings. The Hall–Kier alpha value is -3.52. The van der Waals surface area contributed by atoms with Crippen molar-refractivity contribution in [2.75, 3.05) is 7.11 Å². The Morgan fingerprint density at radius 3 is 2.62 bits per heavy atom. The summed E-state index contributed by atoms with van der Waals surface area (Å²) < 4.78 is 19.9. The Kier molecular flexibility index (Phi) is 6.05. The second-order valence-electron chi connectivity index (χ2n) is 7.43. The van der Waals surface area contributed by atoms with Crippen molar-refractivity contribution < 1.29 is 13.9 Å². The minimum Gasteiger partial charge on any atom is -0.480 e. The summed E-state index contributed by atoms with van der Waals surface area (Å²) in [6.07, 6.45) is 4.71. The fourth-order valence-corrected chi connectivity index (χ4v) is 4.48. The molecule has 2 aromatic carbocycles. The number of nitrogens with zero attached hydrogens (tertiary/aromatic N) is 3. The van der Waals surface area contributed by atoms with Crippen molar-refractivity contribution in [3.05, 3.63) is 95.2 Å². The highest BCUT2D eigenvalue weighted by molar-refractivity contribution is 8.21. The van der Waals surface area contributed by atoms with Gasteiger partial charge in [0.05, 0.1) is 19.5 Å². The maximum absolute atomic E-state index is 14.9. The highest BCUT2D eigenvalue weighted by Gasteiger charge is 2.32. The normalized spacial score (nSPS) is 18.0. The van der Waals surface area contributed by atoms with Gasteiger partial charge in [0, 0.05) is 16.9 Å². The molecule has 2 heterocycles. The lowest BCUT2D eigenvalue weighted by Crippen LogP contribution is -2.26. The molecular weight excluding hydrogens is 427 g/mol. The number of benzene rings is 2. The van der Waals surface area contributed by atoms with Gasteiger partial charge in [-0.1, -0.05) is 48.2 Å². The van der Waals surface area contributed by atoms with Crippen LogP contribution in [-0.4, -0.2) is 28.0 Å². The second kappa shape index (κ2) is 8.92. The largest absolute Gasteiger partial charge is 0.480 e. The summed E-state index contributed by atoms with van der Waals surface area (Å²) in [7, 11) is 1.47. The average molecular weight is 449 g/mol. The van der Waals surface area contributed by atoms with Crippen LogP contribution in [0.25, 0.3) is 4.91 Å². The molecule has 0 saturated heterocycles. The number of carbonyl (C=O) groups excluding carboxylic acids is 1. The van der Waals surface area contributed by atoms with Gasteiger partial charge in [-0.15, -0.1) is 0 Å². The van der Waals surface area contributed by atoms with Crippen molar-refractivity contribution in [1.29, 1.82) is 0 Å². The average Bonchev–Trinajstić information content (AvgIpc) is 2.80. The third-order valence-electron chi connectivity index (χ3n) is 5.09. The lowest BCUT2D eigenvalue weighted by molar-refractivity contribution is 0.0987. The van der Waals surface area contributed by atoms with E-state index < -0.39 is 11.4 Å². The van der Waals surface area contributed by atoms with Gasteiger partial charge in [0.2, 0.25) is 5.88 Å². The Bertz CT molecular complexity index is 1210. The molecule has 0 bridgehead atoms. The van der Waals surface area contributed by atoms with E-state index in [9.17, 15) is 9.18 Å². The van der Waals surface area contributed by atoms with Gasteiger partial charge in [0.15, 0.2) is 11.0 Å². The lowest BCUT2D eigenvalue weighted by atomic mass is 9.88. The molecule has 162 valence electrons. The van der Waals surface area contributed by atoms with E-state index in [1.54, 1.807) is 12.1 Å². The summed E-state index contributed by atoms with van der Waals surface area (Å²) in [6, 6.07) is 14.3. The lowest BCUT2D eigenvalue weighted by Gasteiger charge is -2.29. The molecule has 6 nitrogen and oxygen atoms in total. The van der Waals surface area contributed by atoms with E-state index in [-0.39, 0.29) is 17.9 Å². The number of halogens is 1. The molecule has 0 saturated carbocycles. The fourth-order valence-electron chi connectivity index (χ4n) is 3.48. The monoisotopic (exact) mass is 448 g/mol. The van der Waals surface area contributed by atoms with Crippen LogP contribution in [-0.2, 0) is 12.0 Å². The van der Waals surface area contributed by atoms with Gasteiger partial charge in [0.25, 0.3) is 0 Å². The molecule has 0 radical (unpaired) electrons. The highest BCUT2D eigenvalue weighted by Crippen LogP contribution is 2.41. The zero-order valence-corrected chi connectivity index (χ0v) is 18.4. The van der Waals surface area contributed by atoms with Crippen molar-refractivity contribution in [2.24, 2.45) is 10.7 Å². The molecular formula is C24H21FN4O2S. The van der Waals surface area contributed by atoms with Gasteiger partial charge in [-0.3, -0.25) is 4.79 Å². The van der Waals surface area contributed by atoms with Crippen LogP contribution in [0.3, 0.4) is 0 Å². The number of aliphatic imine (C=N–C) groups is 1. The molecule has 3 aromatic rings. The first-order valence-corrected chi connectivity index (χ1v) is 10.7. The van der Waals surface area contributed by atoms with Crippen LogP contribution in [0.1, 0.15) is 34.1 Å². The first kappa shape index (κ1) is 21.7. The molecule has 0 unspecified atom stereocenters. The van der Waals surface area contributed by atoms with Gasteiger partial charge in [-0.2, -0.15) is 0 Å². The maximum Gasteiger partial charge on any atom is 0.232 e. The summed E-state index contributed by atoms with van der Waals surface area (Å²) in [5.41, 5.74) is 7.29. The first-order valence-electron chi connectivity index (χ1n) is 9.87. The van der Waals surface area contributed by atoms with Crippen molar-refractivity contribution in [3.8, 4) is 5.88 Å². The Morgan fingerprint density at radius 1 is 1.16 bits per heavy atom. The summed E-state index contributed by atoms with van der Waals surface area (Å²) in [4.78, 5) is 26.2. The number of Topliss-reactive ketones (excluding diaryl/α,β-unsaturated/α-hetero) is 1. The van der Waals surface area contributed by atoms with Gasteiger partial charge < -0.3 is 10.5 Å². The molecule has 0 fully saturated rings. The number of ketones is 1. The van der Waals surface area contributed by atoms with Crippen molar-refractivity contribution in [3.63, 3.8) is 0 Å². The third kappa shape index (κ3) is 4.55. The highest BCUT2D eigenvalue weighted by atomic mass is 32.2. The molecule has 4 rings (SSSR count). The van der Waals surface area contributed by atoms with Crippen LogP contribution in [0.15, 0.2) is 72.0 Å². The van der Waals surface area contributed by atoms with Gasteiger partial charge in [-0.25, -0.2) is 19.4 Å². The van der Waals surface area contributed by atoms with Crippen LogP contribution in [0.5, 0.6) is 5.88 Å². The van der Waals surface area contributed by atoms with Crippen LogP contribution < -0.4 is 10.5 Å². The number of nitrogens with two attached hydrogens (primary N) is 1. The number of thioether (sulfide) groups is 1. The Balaban J connectivity index is 1.66. The molecule has 0 spiro atoms. The van der Waals surface area contributed by atoms with E-state index in [0.717, 1.165) is 10.5 Å². The predicted octanol–water partition coefficient (Wildman–Crippen LogP) is 4.37. The molecule has 1 aliphatic heterocycles. The molecule has 32 heavy (non-hydrogen) atoms. The summed E-state index contributed by atoms with van der Waals surface area (Å²) in [6.45, 7) is 1.81. The SMILES string of the molecule is COc1cnc(C(=O)Cc2ccc(F)c([C@]3(C)C=C(c4ccccc4)SC(N)=N3)c2)cn1. The summed E-state index contributed by atoms with van der Waals surface area (Å²) >= 11 is 1.34. The quantitative estimate of drug-likeness (QED) is 0.563. The topological polar surface area (TPSA) is 90.5 Å². The van der Waals surface area contributed by atoms with Crippen LogP contribution in [0.2, 0.25) is 0 Å². The van der Waals surface area contributed by atoms with Crippen molar-refractivity contribution in [1.82, 2.24) is 9.97 Å². The van der Waals surface area contributed by atoms with E-state index in [2.05, 4.69) is 15.0 Å². The maximum atomic E-state index is 14.9. The van der Waals surface area contributed by atoms with E-state index in [0.29, 0.717) is 22.2 Å². The molecule has 0 aliphatic carbocycles. The molecule has 2 N–H and O–H groups in total. The number of rotatable bonds is 6. The number of carbonyl (C=O) groups is 1. The van der Waals surface area contributed by atoms with E-state index in [1.807, 2.05) is 43.3 Å². The number of ether oxygens (including phenoxy) is 1. The number of amidine groups is 1. The Labute approximate surface area is 189 Å². The minimum atomic E-state index is -1.01. The van der Waals surface area contributed by atoms with Gasteiger partial charge in [-0.05, 0) is 36.3 Å². The standard InChI is InChI=1S/C24H21FN4O2S/c1-24(12-21(32-23(26)29-24)16-6-4-3-5-7-16)17-10-15(8-9-18(17)25)11-20(30)19-13-28-22(31-2)14-27-19/h3-10,12-14H,11H2,1-2H3,(H2,26,29)/t24-/m0/s1. The predicted molar refractivity (Wildman–Crippen MR) is 124 cm³/mol. The van der Waals surface area contributed by atoms with E-state index >= 15 is 0 Å². The van der Waals surface area contributed by atoms with E-state index in [4.69, 9.17) is 10.5 Å². The smallest absolute Gasteiger partial charge is 0.232 e. The van der Waals surface area contributed by atoms with Crippen molar-refractivity contribution in [2.45, 2.75) is 18.9 Å². The zero-order valence-electron chi connectivity index (χ0n) is 17.6. The molecule has 1 aromatic heterocycles. The third-order valence-corrected chi connectivity index (χ3v) is 5.97. The number of aromatic nitrogens is 2. The first-order chi connectivity index (χ1) is 15.4. The Morgan fingerprint density at radius 2 is 1.94 bits per heavy atom. The van der Waals surface area contributed by atoms with Gasteiger partial charge >= 0.3 is 0 Å². The summed E-state index contributed by atoms with van der Waals surface area (Å²) in [5, 5.41) is 0.350. The fraction of sp³-hybridized carbons (Fsp3) is 0.167. The molecule has 1 atom stereocenters. The van der Waals surface area contributed by atoms with Crippen LogP contribution in [0.4, 0.5) is 4.39 Å². The zero-order chi connectivity index (χ0) is 22.7. The number of methoxy groups -OCH3 is 1. The number of hydrogen-bond acceptors (Lipinski definition) is 7. The number of hydrogen-bond donors (Lipinski definition) is 1. The second-order valence-corrected chi connectivity index (χ2v) is 8.49. The van der Waals surface area contributed by atoms with E-state index in [1.165, 1.54) is 37.3 Å². The van der Waals surface area contributed by atoms with Crippen LogP contribution in [0, 0.1) is 5.82 Å². The van der Waals surface area contributed by atoms with Crippen molar-refractivity contribution >= 4 is 27.6 Å². The van der Waals surface area contributed by atoms with Gasteiger partial charge in [0.1, 0.15) is 17.1 Å². The summed E-state index contributed by atoms with van der Waals surface area (Å²) in [5.74, 6) is -0.323. The molecule has 8 heteroatoms.